The summed E-state index contributed by atoms with van der Waals surface area (Å²) in [6, 6.07) is 0. The lowest BCUT2D eigenvalue weighted by atomic mass is 10.1. The molecule has 0 spiro atoms. The minimum atomic E-state index is -3.96. The maximum atomic E-state index is 12.6. The number of aromatic amines is 1. The number of amides is 1. The Labute approximate surface area is 123 Å². The van der Waals surface area contributed by atoms with Crippen molar-refractivity contribution in [2.75, 3.05) is 13.1 Å². The van der Waals surface area contributed by atoms with Gasteiger partial charge in [0.2, 0.25) is 10.0 Å². The van der Waals surface area contributed by atoms with Crippen LogP contribution in [0.4, 0.5) is 0 Å². The molecule has 7 nitrogen and oxygen atoms in total. The molecule has 2 fully saturated rings. The Kier molecular flexibility index (Phi) is 3.53. The molecule has 1 unspecified atom stereocenters. The van der Waals surface area contributed by atoms with E-state index in [2.05, 4.69) is 17.1 Å². The van der Waals surface area contributed by atoms with Crippen LogP contribution in [0.15, 0.2) is 4.90 Å². The van der Waals surface area contributed by atoms with Crippen molar-refractivity contribution in [2.45, 2.75) is 43.4 Å². The molecule has 2 heterocycles. The van der Waals surface area contributed by atoms with E-state index in [1.165, 1.54) is 0 Å². The zero-order valence-electron chi connectivity index (χ0n) is 12.0. The SMILES string of the molecule is CCC1CCN(C(=O)c2n[nH]c(C3CC3)c2S(N)(=O)=O)C1. The molecule has 3 rings (SSSR count). The van der Waals surface area contributed by atoms with Gasteiger partial charge in [0.1, 0.15) is 4.90 Å². The molecule has 2 aliphatic rings. The number of hydrogen-bond donors (Lipinski definition) is 2. The highest BCUT2D eigenvalue weighted by atomic mass is 32.2. The molecule has 1 aliphatic carbocycles. The fraction of sp³-hybridized carbons (Fsp3) is 0.692. The maximum Gasteiger partial charge on any atom is 0.275 e. The predicted molar refractivity (Wildman–Crippen MR) is 76.2 cm³/mol. The van der Waals surface area contributed by atoms with E-state index in [9.17, 15) is 13.2 Å². The van der Waals surface area contributed by atoms with Crippen LogP contribution in [0.25, 0.3) is 0 Å². The van der Waals surface area contributed by atoms with Crippen molar-refractivity contribution in [2.24, 2.45) is 11.1 Å². The van der Waals surface area contributed by atoms with Gasteiger partial charge in [-0.3, -0.25) is 9.89 Å². The third-order valence-electron chi connectivity index (χ3n) is 4.37. The molecule has 1 aliphatic heterocycles. The Morgan fingerprint density at radius 2 is 2.14 bits per heavy atom. The number of nitrogens with two attached hydrogens (primary N) is 1. The number of rotatable bonds is 4. The number of likely N-dealkylation sites (tertiary alicyclic amines) is 1. The number of primary sulfonamides is 1. The average molecular weight is 312 g/mol. The lowest BCUT2D eigenvalue weighted by Gasteiger charge is -2.15. The first-order valence-corrected chi connectivity index (χ1v) is 8.86. The third-order valence-corrected chi connectivity index (χ3v) is 5.35. The molecule has 1 aromatic rings. The van der Waals surface area contributed by atoms with Crippen molar-refractivity contribution in [3.8, 4) is 0 Å². The summed E-state index contributed by atoms with van der Waals surface area (Å²) < 4.78 is 23.7. The molecular weight excluding hydrogens is 292 g/mol. The van der Waals surface area contributed by atoms with Crippen LogP contribution in [-0.2, 0) is 10.0 Å². The second-order valence-electron chi connectivity index (χ2n) is 5.95. The molecule has 0 bridgehead atoms. The van der Waals surface area contributed by atoms with Crippen LogP contribution in [0, 0.1) is 5.92 Å². The van der Waals surface area contributed by atoms with Crippen molar-refractivity contribution in [3.05, 3.63) is 11.4 Å². The summed E-state index contributed by atoms with van der Waals surface area (Å²) in [6.07, 6.45) is 3.77. The molecule has 1 saturated heterocycles. The molecule has 0 radical (unpaired) electrons. The Morgan fingerprint density at radius 3 is 2.67 bits per heavy atom. The number of aromatic nitrogens is 2. The Bertz CT molecular complexity index is 663. The molecule has 1 amide bonds. The number of carbonyl (C=O) groups is 1. The lowest BCUT2D eigenvalue weighted by molar-refractivity contribution is 0.0777. The van der Waals surface area contributed by atoms with Gasteiger partial charge >= 0.3 is 0 Å². The number of sulfonamides is 1. The number of carbonyl (C=O) groups excluding carboxylic acids is 1. The van der Waals surface area contributed by atoms with E-state index < -0.39 is 10.0 Å². The maximum absolute atomic E-state index is 12.6. The average Bonchev–Trinajstić information content (AvgIpc) is 3.01. The van der Waals surface area contributed by atoms with Crippen LogP contribution in [0.2, 0.25) is 0 Å². The topological polar surface area (TPSA) is 109 Å². The fourth-order valence-corrected chi connectivity index (χ4v) is 3.85. The van der Waals surface area contributed by atoms with Gasteiger partial charge in [0.15, 0.2) is 5.69 Å². The molecule has 21 heavy (non-hydrogen) atoms. The van der Waals surface area contributed by atoms with Crippen molar-refractivity contribution >= 4 is 15.9 Å². The van der Waals surface area contributed by atoms with Gasteiger partial charge in [-0.15, -0.1) is 0 Å². The highest BCUT2D eigenvalue weighted by Gasteiger charge is 2.38. The number of nitrogens with one attached hydrogen (secondary N) is 1. The largest absolute Gasteiger partial charge is 0.337 e. The van der Waals surface area contributed by atoms with Crippen LogP contribution < -0.4 is 5.14 Å². The van der Waals surface area contributed by atoms with Gasteiger partial charge in [-0.25, -0.2) is 13.6 Å². The van der Waals surface area contributed by atoms with Crippen molar-refractivity contribution in [1.29, 1.82) is 0 Å². The van der Waals surface area contributed by atoms with Gasteiger partial charge in [0.25, 0.3) is 5.91 Å². The quantitative estimate of drug-likeness (QED) is 0.857. The summed E-state index contributed by atoms with van der Waals surface area (Å²) in [7, 11) is -3.96. The molecule has 8 heteroatoms. The number of nitrogens with zero attached hydrogens (tertiary/aromatic N) is 2. The first-order chi connectivity index (χ1) is 9.91. The minimum Gasteiger partial charge on any atom is -0.337 e. The summed E-state index contributed by atoms with van der Waals surface area (Å²) in [4.78, 5) is 14.1. The molecule has 116 valence electrons. The summed E-state index contributed by atoms with van der Waals surface area (Å²) in [5, 5.41) is 12.0. The monoisotopic (exact) mass is 312 g/mol. The van der Waals surface area contributed by atoms with Crippen LogP contribution in [0.5, 0.6) is 0 Å². The van der Waals surface area contributed by atoms with Crippen molar-refractivity contribution < 1.29 is 13.2 Å². The Morgan fingerprint density at radius 1 is 1.43 bits per heavy atom. The van der Waals surface area contributed by atoms with E-state index in [1.807, 2.05) is 0 Å². The highest BCUT2D eigenvalue weighted by molar-refractivity contribution is 7.89. The van der Waals surface area contributed by atoms with Gasteiger partial charge in [0.05, 0.1) is 5.69 Å². The molecule has 1 aromatic heterocycles. The van der Waals surface area contributed by atoms with E-state index in [4.69, 9.17) is 5.14 Å². The normalized spacial score (nSPS) is 22.8. The van der Waals surface area contributed by atoms with E-state index in [1.54, 1.807) is 4.90 Å². The van der Waals surface area contributed by atoms with E-state index in [-0.39, 0.29) is 22.4 Å². The van der Waals surface area contributed by atoms with E-state index in [0.717, 1.165) is 25.7 Å². The fourth-order valence-electron chi connectivity index (χ4n) is 2.93. The second kappa shape index (κ2) is 5.10. The predicted octanol–water partition coefficient (Wildman–Crippen LogP) is 0.807. The first kappa shape index (κ1) is 14.5. The number of H-pyrrole nitrogens is 1. The smallest absolute Gasteiger partial charge is 0.275 e. The van der Waals surface area contributed by atoms with Gasteiger partial charge in [-0.1, -0.05) is 13.3 Å². The van der Waals surface area contributed by atoms with Gasteiger partial charge in [0, 0.05) is 19.0 Å². The van der Waals surface area contributed by atoms with Gasteiger partial charge in [-0.05, 0) is 25.2 Å². The molecule has 1 atom stereocenters. The molecule has 1 saturated carbocycles. The highest BCUT2D eigenvalue weighted by Crippen LogP contribution is 2.42. The summed E-state index contributed by atoms with van der Waals surface area (Å²) in [6.45, 7) is 3.40. The van der Waals surface area contributed by atoms with Crippen LogP contribution in [-0.4, -0.2) is 42.5 Å². The van der Waals surface area contributed by atoms with Crippen LogP contribution in [0.1, 0.15) is 54.7 Å². The zero-order chi connectivity index (χ0) is 15.2. The van der Waals surface area contributed by atoms with Gasteiger partial charge in [-0.2, -0.15) is 5.10 Å². The number of hydrogen-bond acceptors (Lipinski definition) is 4. The van der Waals surface area contributed by atoms with Crippen LogP contribution in [0.3, 0.4) is 0 Å². The van der Waals surface area contributed by atoms with E-state index >= 15 is 0 Å². The Hall–Kier alpha value is -1.41. The van der Waals surface area contributed by atoms with Gasteiger partial charge < -0.3 is 4.90 Å². The van der Waals surface area contributed by atoms with Crippen LogP contribution >= 0.6 is 0 Å². The molecular formula is C13H20N4O3S. The first-order valence-electron chi connectivity index (χ1n) is 7.32. The summed E-state index contributed by atoms with van der Waals surface area (Å²) in [5.74, 6) is 0.279. The lowest BCUT2D eigenvalue weighted by Crippen LogP contribution is -2.31. The third kappa shape index (κ3) is 2.69. The minimum absolute atomic E-state index is 0.0452. The summed E-state index contributed by atoms with van der Waals surface area (Å²) >= 11 is 0. The molecule has 3 N–H and O–H groups in total. The van der Waals surface area contributed by atoms with E-state index in [0.29, 0.717) is 24.7 Å². The molecule has 0 aromatic carbocycles. The van der Waals surface area contributed by atoms with Crippen molar-refractivity contribution in [3.63, 3.8) is 0 Å². The Balaban J connectivity index is 1.93. The zero-order valence-corrected chi connectivity index (χ0v) is 12.8. The standard InChI is InChI=1S/C13H20N4O3S/c1-2-8-5-6-17(7-8)13(18)11-12(21(14,19)20)10(15-16-11)9-3-4-9/h8-9H,2-7H2,1H3,(H,15,16)(H2,14,19,20). The van der Waals surface area contributed by atoms with Crippen molar-refractivity contribution in [1.82, 2.24) is 15.1 Å². The second-order valence-corrected chi connectivity index (χ2v) is 7.45. The summed E-state index contributed by atoms with van der Waals surface area (Å²) in [5.41, 5.74) is 0.447.